The van der Waals surface area contributed by atoms with E-state index in [1.165, 1.54) is 18.2 Å². The second-order valence-corrected chi connectivity index (χ2v) is 4.12. The average molecular weight is 251 g/mol. The number of non-ortho nitro benzene ring substituents is 1. The highest BCUT2D eigenvalue weighted by Gasteiger charge is 2.29. The van der Waals surface area contributed by atoms with Crippen molar-refractivity contribution in [3.63, 3.8) is 0 Å². The van der Waals surface area contributed by atoms with E-state index < -0.39 is 10.5 Å². The molecule has 0 aliphatic rings. The van der Waals surface area contributed by atoms with E-state index in [9.17, 15) is 14.9 Å². The van der Waals surface area contributed by atoms with Crippen molar-refractivity contribution in [3.05, 3.63) is 34.4 Å². The first-order valence-corrected chi connectivity index (χ1v) is 5.77. The zero-order chi connectivity index (χ0) is 13.8. The lowest BCUT2D eigenvalue weighted by atomic mass is 9.93. The van der Waals surface area contributed by atoms with Crippen LogP contribution in [0.4, 0.5) is 11.4 Å². The van der Waals surface area contributed by atoms with Gasteiger partial charge in [-0.1, -0.05) is 19.9 Å². The van der Waals surface area contributed by atoms with Crippen LogP contribution < -0.4 is 11.1 Å². The van der Waals surface area contributed by atoms with E-state index in [4.69, 9.17) is 5.73 Å². The van der Waals surface area contributed by atoms with Crippen molar-refractivity contribution in [3.8, 4) is 0 Å². The van der Waals surface area contributed by atoms with E-state index in [0.717, 1.165) is 0 Å². The van der Waals surface area contributed by atoms with E-state index >= 15 is 0 Å². The summed E-state index contributed by atoms with van der Waals surface area (Å²) >= 11 is 0. The summed E-state index contributed by atoms with van der Waals surface area (Å²) in [6.07, 6.45) is 1.01. The zero-order valence-electron chi connectivity index (χ0n) is 10.5. The first-order valence-electron chi connectivity index (χ1n) is 5.77. The zero-order valence-corrected chi connectivity index (χ0v) is 10.5. The van der Waals surface area contributed by atoms with Crippen molar-refractivity contribution in [1.82, 2.24) is 0 Å². The van der Waals surface area contributed by atoms with Gasteiger partial charge in [-0.2, -0.15) is 0 Å². The SMILES string of the molecule is CCC(N)(CC)C(=O)Nc1cccc([N+](=O)[O-])c1. The van der Waals surface area contributed by atoms with Crippen LogP contribution in [0, 0.1) is 10.1 Å². The highest BCUT2D eigenvalue weighted by atomic mass is 16.6. The number of nitro groups is 1. The number of rotatable bonds is 5. The van der Waals surface area contributed by atoms with Gasteiger partial charge >= 0.3 is 0 Å². The number of nitrogens with two attached hydrogens (primary N) is 1. The van der Waals surface area contributed by atoms with Crippen LogP contribution in [0.2, 0.25) is 0 Å². The number of hydrogen-bond acceptors (Lipinski definition) is 4. The van der Waals surface area contributed by atoms with Crippen LogP contribution in [-0.4, -0.2) is 16.4 Å². The summed E-state index contributed by atoms with van der Waals surface area (Å²) in [5.41, 5.74) is 5.31. The molecule has 0 saturated carbocycles. The standard InChI is InChI=1S/C12H17N3O3/c1-3-12(13,4-2)11(16)14-9-6-5-7-10(8-9)15(17)18/h5-8H,3-4,13H2,1-2H3,(H,14,16). The Hall–Kier alpha value is -1.95. The van der Waals surface area contributed by atoms with Gasteiger partial charge in [-0.15, -0.1) is 0 Å². The quantitative estimate of drug-likeness (QED) is 0.618. The lowest BCUT2D eigenvalue weighted by Gasteiger charge is -2.25. The fourth-order valence-corrected chi connectivity index (χ4v) is 1.52. The van der Waals surface area contributed by atoms with Gasteiger partial charge in [0, 0.05) is 17.8 Å². The molecule has 0 unspecified atom stereocenters. The molecule has 0 aliphatic heterocycles. The molecule has 0 saturated heterocycles. The van der Waals surface area contributed by atoms with Crippen LogP contribution in [0.1, 0.15) is 26.7 Å². The Kier molecular flexibility index (Phi) is 4.38. The predicted molar refractivity (Wildman–Crippen MR) is 69.2 cm³/mol. The Labute approximate surface area is 105 Å². The first-order chi connectivity index (χ1) is 8.42. The van der Waals surface area contributed by atoms with Crippen LogP contribution in [-0.2, 0) is 4.79 Å². The van der Waals surface area contributed by atoms with E-state index in [1.807, 2.05) is 13.8 Å². The summed E-state index contributed by atoms with van der Waals surface area (Å²) in [5, 5.41) is 13.2. The van der Waals surface area contributed by atoms with Crippen molar-refractivity contribution in [2.75, 3.05) is 5.32 Å². The van der Waals surface area contributed by atoms with Gasteiger partial charge in [-0.3, -0.25) is 14.9 Å². The van der Waals surface area contributed by atoms with Gasteiger partial charge in [0.2, 0.25) is 5.91 Å². The van der Waals surface area contributed by atoms with Gasteiger partial charge in [0.25, 0.3) is 5.69 Å². The van der Waals surface area contributed by atoms with E-state index in [2.05, 4.69) is 5.32 Å². The Balaban J connectivity index is 2.88. The number of nitro benzene ring substituents is 1. The number of carbonyl (C=O) groups excluding carboxylic acids is 1. The van der Waals surface area contributed by atoms with Gasteiger partial charge in [0.05, 0.1) is 10.5 Å². The maximum absolute atomic E-state index is 12.0. The van der Waals surface area contributed by atoms with Crippen molar-refractivity contribution in [2.24, 2.45) is 5.73 Å². The lowest BCUT2D eigenvalue weighted by molar-refractivity contribution is -0.384. The number of carbonyl (C=O) groups is 1. The van der Waals surface area contributed by atoms with Crippen LogP contribution in [0.25, 0.3) is 0 Å². The Morgan fingerprint density at radius 2 is 2.06 bits per heavy atom. The minimum atomic E-state index is -0.940. The minimum Gasteiger partial charge on any atom is -0.324 e. The highest BCUT2D eigenvalue weighted by Crippen LogP contribution is 2.19. The monoisotopic (exact) mass is 251 g/mol. The van der Waals surface area contributed by atoms with Gasteiger partial charge in [0.1, 0.15) is 0 Å². The summed E-state index contributed by atoms with van der Waals surface area (Å²) in [7, 11) is 0. The Morgan fingerprint density at radius 1 is 1.44 bits per heavy atom. The molecule has 6 nitrogen and oxygen atoms in total. The molecule has 18 heavy (non-hydrogen) atoms. The van der Waals surface area contributed by atoms with Crippen molar-refractivity contribution < 1.29 is 9.72 Å². The highest BCUT2D eigenvalue weighted by molar-refractivity contribution is 5.98. The number of anilines is 1. The molecule has 1 amide bonds. The molecule has 1 rings (SSSR count). The topological polar surface area (TPSA) is 98.3 Å². The maximum Gasteiger partial charge on any atom is 0.271 e. The summed E-state index contributed by atoms with van der Waals surface area (Å²) in [4.78, 5) is 22.1. The molecule has 98 valence electrons. The van der Waals surface area contributed by atoms with Gasteiger partial charge in [-0.05, 0) is 18.9 Å². The van der Waals surface area contributed by atoms with Crippen LogP contribution in [0.3, 0.4) is 0 Å². The van der Waals surface area contributed by atoms with Gasteiger partial charge in [0.15, 0.2) is 0 Å². The van der Waals surface area contributed by atoms with Crippen LogP contribution in [0.15, 0.2) is 24.3 Å². The average Bonchev–Trinajstić information content (AvgIpc) is 2.38. The van der Waals surface area contributed by atoms with E-state index in [-0.39, 0.29) is 11.6 Å². The van der Waals surface area contributed by atoms with E-state index in [0.29, 0.717) is 18.5 Å². The van der Waals surface area contributed by atoms with Crippen molar-refractivity contribution in [2.45, 2.75) is 32.2 Å². The third-order valence-electron chi connectivity index (χ3n) is 3.03. The molecular weight excluding hydrogens is 234 g/mol. The first kappa shape index (κ1) is 14.1. The maximum atomic E-state index is 12.0. The van der Waals surface area contributed by atoms with Crippen LogP contribution >= 0.6 is 0 Å². The molecule has 1 aromatic rings. The van der Waals surface area contributed by atoms with Crippen LogP contribution in [0.5, 0.6) is 0 Å². The third-order valence-corrected chi connectivity index (χ3v) is 3.03. The number of amides is 1. The molecule has 0 atom stereocenters. The second kappa shape index (κ2) is 5.59. The molecule has 0 heterocycles. The van der Waals surface area contributed by atoms with Crippen molar-refractivity contribution in [1.29, 1.82) is 0 Å². The summed E-state index contributed by atoms with van der Waals surface area (Å²) in [6, 6.07) is 5.79. The molecule has 6 heteroatoms. The number of hydrogen-bond donors (Lipinski definition) is 2. The predicted octanol–water partition coefficient (Wildman–Crippen LogP) is 2.05. The Morgan fingerprint density at radius 3 is 2.56 bits per heavy atom. The largest absolute Gasteiger partial charge is 0.324 e. The fraction of sp³-hybridized carbons (Fsp3) is 0.417. The Bertz CT molecular complexity index is 456. The molecular formula is C12H17N3O3. The molecule has 3 N–H and O–H groups in total. The van der Waals surface area contributed by atoms with Crippen molar-refractivity contribution >= 4 is 17.3 Å². The summed E-state index contributed by atoms with van der Waals surface area (Å²) in [6.45, 7) is 3.66. The molecule has 1 aromatic carbocycles. The second-order valence-electron chi connectivity index (χ2n) is 4.12. The number of nitrogens with zero attached hydrogens (tertiary/aromatic N) is 1. The number of benzene rings is 1. The molecule has 0 radical (unpaired) electrons. The van der Waals surface area contributed by atoms with E-state index in [1.54, 1.807) is 6.07 Å². The molecule has 0 spiro atoms. The fourth-order valence-electron chi connectivity index (χ4n) is 1.52. The lowest BCUT2D eigenvalue weighted by Crippen LogP contribution is -2.50. The molecule has 0 aromatic heterocycles. The van der Waals surface area contributed by atoms with Gasteiger partial charge < -0.3 is 11.1 Å². The molecule has 0 bridgehead atoms. The summed E-state index contributed by atoms with van der Waals surface area (Å²) in [5.74, 6) is -0.326. The smallest absolute Gasteiger partial charge is 0.271 e. The minimum absolute atomic E-state index is 0.0663. The summed E-state index contributed by atoms with van der Waals surface area (Å²) < 4.78 is 0. The normalized spacial score (nSPS) is 11.1. The number of nitrogens with one attached hydrogen (secondary N) is 1. The third kappa shape index (κ3) is 3.04. The van der Waals surface area contributed by atoms with Gasteiger partial charge in [-0.25, -0.2) is 0 Å². The molecule has 0 fully saturated rings. The molecule has 0 aliphatic carbocycles.